The van der Waals surface area contributed by atoms with E-state index < -0.39 is 15.6 Å². The van der Waals surface area contributed by atoms with Crippen LogP contribution in [-0.2, 0) is 22.5 Å². The van der Waals surface area contributed by atoms with Crippen LogP contribution in [-0.4, -0.2) is 60.9 Å². The van der Waals surface area contributed by atoms with Gasteiger partial charge >= 0.3 is 15.6 Å². The predicted molar refractivity (Wildman–Crippen MR) is 89.1 cm³/mol. The molecule has 0 spiro atoms. The molecule has 0 amide bonds. The lowest BCUT2D eigenvalue weighted by Gasteiger charge is -2.16. The van der Waals surface area contributed by atoms with Gasteiger partial charge in [-0.05, 0) is 25.9 Å². The molecule has 0 aliphatic rings. The SMILES string of the molecule is O=P(O)(OCCCNCCCl)OP(=O)(O)OCCCNCCCl. The normalized spacial score (nSPS) is 16.9. The van der Waals surface area contributed by atoms with Crippen molar-refractivity contribution in [2.45, 2.75) is 12.8 Å². The fraction of sp³-hybridized carbons (Fsp3) is 1.00. The lowest BCUT2D eigenvalue weighted by Crippen LogP contribution is -2.19. The minimum Gasteiger partial charge on any atom is -0.315 e. The summed E-state index contributed by atoms with van der Waals surface area (Å²) in [5.74, 6) is 0.907. The molecule has 0 aliphatic carbocycles. The zero-order valence-corrected chi connectivity index (χ0v) is 16.0. The maximum atomic E-state index is 11.5. The molecular weight excluding hydrogens is 393 g/mol. The highest BCUT2D eigenvalue weighted by molar-refractivity contribution is 7.61. The molecule has 2 atom stereocenters. The Labute approximate surface area is 146 Å². The number of phosphoric acid groups is 2. The summed E-state index contributed by atoms with van der Waals surface area (Å²) in [5, 5.41) is 5.90. The minimum absolute atomic E-state index is 0.120. The maximum absolute atomic E-state index is 11.5. The van der Waals surface area contributed by atoms with E-state index in [4.69, 9.17) is 23.2 Å². The number of hydrogen-bond donors (Lipinski definition) is 4. The Balaban J connectivity index is 3.87. The smallest absolute Gasteiger partial charge is 0.315 e. The Morgan fingerprint density at radius 2 is 1.17 bits per heavy atom. The van der Waals surface area contributed by atoms with Crippen molar-refractivity contribution < 1.29 is 32.3 Å². The van der Waals surface area contributed by atoms with E-state index in [0.29, 0.717) is 50.8 Å². The van der Waals surface area contributed by atoms with Gasteiger partial charge in [0.05, 0.1) is 13.2 Å². The first kappa shape index (κ1) is 23.8. The van der Waals surface area contributed by atoms with E-state index in [1.807, 2.05) is 0 Å². The van der Waals surface area contributed by atoms with Crippen molar-refractivity contribution >= 4 is 38.8 Å². The largest absolute Gasteiger partial charge is 0.481 e. The Kier molecular flexibility index (Phi) is 14.4. The first-order chi connectivity index (χ1) is 10.8. The van der Waals surface area contributed by atoms with Crippen LogP contribution in [0.15, 0.2) is 0 Å². The zero-order valence-electron chi connectivity index (χ0n) is 12.7. The molecular formula is C10H24Cl2N2O7P2. The van der Waals surface area contributed by atoms with Crippen molar-refractivity contribution in [1.29, 1.82) is 0 Å². The van der Waals surface area contributed by atoms with Gasteiger partial charge in [-0.25, -0.2) is 9.13 Å². The van der Waals surface area contributed by atoms with Crippen molar-refractivity contribution in [3.05, 3.63) is 0 Å². The van der Waals surface area contributed by atoms with Crippen LogP contribution < -0.4 is 10.6 Å². The summed E-state index contributed by atoms with van der Waals surface area (Å²) in [5.41, 5.74) is 0. The predicted octanol–water partition coefficient (Wildman–Crippen LogP) is 1.67. The Bertz CT molecular complexity index is 358. The Morgan fingerprint density at radius 1 is 0.783 bits per heavy atom. The molecule has 13 heteroatoms. The Hall–Kier alpha value is 0.760. The number of hydrogen-bond acceptors (Lipinski definition) is 7. The lowest BCUT2D eigenvalue weighted by molar-refractivity contribution is 0.153. The van der Waals surface area contributed by atoms with Crippen molar-refractivity contribution in [2.75, 3.05) is 51.2 Å². The van der Waals surface area contributed by atoms with Gasteiger partial charge in [0.1, 0.15) is 0 Å². The molecule has 23 heavy (non-hydrogen) atoms. The molecule has 0 saturated heterocycles. The molecule has 0 aromatic carbocycles. The number of alkyl halides is 2. The van der Waals surface area contributed by atoms with Gasteiger partial charge in [0.25, 0.3) is 0 Å². The van der Waals surface area contributed by atoms with Crippen molar-refractivity contribution in [1.82, 2.24) is 10.6 Å². The third-order valence-electron chi connectivity index (χ3n) is 2.25. The van der Waals surface area contributed by atoms with Gasteiger partial charge in [-0.1, -0.05) is 0 Å². The van der Waals surface area contributed by atoms with Crippen LogP contribution in [0.5, 0.6) is 0 Å². The molecule has 0 radical (unpaired) electrons. The first-order valence-corrected chi connectivity index (χ1v) is 11.1. The highest BCUT2D eigenvalue weighted by Crippen LogP contribution is 2.60. The van der Waals surface area contributed by atoms with E-state index in [-0.39, 0.29) is 13.2 Å². The fourth-order valence-electron chi connectivity index (χ4n) is 1.32. The van der Waals surface area contributed by atoms with Crippen LogP contribution in [0.4, 0.5) is 0 Å². The molecule has 0 heterocycles. The summed E-state index contributed by atoms with van der Waals surface area (Å²) in [6.07, 6.45) is 0.821. The van der Waals surface area contributed by atoms with Gasteiger partial charge in [0.2, 0.25) is 0 Å². The van der Waals surface area contributed by atoms with E-state index >= 15 is 0 Å². The molecule has 0 bridgehead atoms. The summed E-state index contributed by atoms with van der Waals surface area (Å²) in [6, 6.07) is 0. The molecule has 4 N–H and O–H groups in total. The lowest BCUT2D eigenvalue weighted by atomic mass is 10.4. The van der Waals surface area contributed by atoms with Crippen LogP contribution in [0, 0.1) is 0 Å². The van der Waals surface area contributed by atoms with Gasteiger partial charge in [-0.2, -0.15) is 4.31 Å². The van der Waals surface area contributed by atoms with Crippen LogP contribution in [0.25, 0.3) is 0 Å². The summed E-state index contributed by atoms with van der Waals surface area (Å²) in [7, 11) is -9.32. The highest BCUT2D eigenvalue weighted by atomic mass is 35.5. The quantitative estimate of drug-likeness (QED) is 0.169. The average molecular weight is 417 g/mol. The molecule has 0 fully saturated rings. The third kappa shape index (κ3) is 16.0. The molecule has 0 saturated carbocycles. The third-order valence-corrected chi connectivity index (χ3v) is 5.30. The van der Waals surface area contributed by atoms with E-state index in [0.717, 1.165) is 0 Å². The van der Waals surface area contributed by atoms with E-state index in [1.54, 1.807) is 0 Å². The summed E-state index contributed by atoms with van der Waals surface area (Å²) in [6.45, 7) is 2.02. The monoisotopic (exact) mass is 416 g/mol. The summed E-state index contributed by atoms with van der Waals surface area (Å²) in [4.78, 5) is 18.7. The van der Waals surface area contributed by atoms with Crippen LogP contribution in [0.2, 0.25) is 0 Å². The number of nitrogens with one attached hydrogen (secondary N) is 2. The van der Waals surface area contributed by atoms with E-state index in [1.165, 1.54) is 0 Å². The standard InChI is InChI=1S/C10H24Cl2N2O7P2/c11-3-7-13-5-1-9-19-22(15,16)21-23(17,18)20-10-2-6-14-8-4-12/h13-14H,1-10H2,(H,15,16)(H,17,18). The second-order valence-electron chi connectivity index (χ2n) is 4.27. The molecule has 0 aromatic heterocycles. The molecule has 0 aliphatic heterocycles. The second-order valence-corrected chi connectivity index (χ2v) is 8.07. The maximum Gasteiger partial charge on any atom is 0.481 e. The highest BCUT2D eigenvalue weighted by Gasteiger charge is 2.34. The molecule has 0 aromatic rings. The van der Waals surface area contributed by atoms with Crippen LogP contribution in [0.3, 0.4) is 0 Å². The van der Waals surface area contributed by atoms with Gasteiger partial charge < -0.3 is 20.4 Å². The molecule has 2 unspecified atom stereocenters. The average Bonchev–Trinajstić information content (AvgIpc) is 2.45. The number of halogens is 2. The fourth-order valence-corrected chi connectivity index (χ4v) is 3.72. The Morgan fingerprint density at radius 3 is 1.52 bits per heavy atom. The zero-order chi connectivity index (χ0) is 17.6. The van der Waals surface area contributed by atoms with Crippen molar-refractivity contribution in [3.8, 4) is 0 Å². The van der Waals surface area contributed by atoms with Crippen molar-refractivity contribution in [2.24, 2.45) is 0 Å². The van der Waals surface area contributed by atoms with Crippen LogP contribution in [0.1, 0.15) is 12.8 Å². The van der Waals surface area contributed by atoms with Gasteiger partial charge in [0, 0.05) is 24.8 Å². The van der Waals surface area contributed by atoms with Gasteiger partial charge in [0.15, 0.2) is 0 Å². The number of rotatable bonds is 16. The number of phosphoric ester groups is 2. The molecule has 9 nitrogen and oxygen atoms in total. The molecule has 0 rings (SSSR count). The first-order valence-electron chi connectivity index (χ1n) is 7.02. The summed E-state index contributed by atoms with van der Waals surface area (Å²) < 4.78 is 36.4. The van der Waals surface area contributed by atoms with Crippen LogP contribution >= 0.6 is 38.8 Å². The second kappa shape index (κ2) is 14.0. The van der Waals surface area contributed by atoms with Crippen molar-refractivity contribution in [3.63, 3.8) is 0 Å². The van der Waals surface area contributed by atoms with Gasteiger partial charge in [-0.3, -0.25) is 9.05 Å². The topological polar surface area (TPSA) is 126 Å². The minimum atomic E-state index is -4.66. The van der Waals surface area contributed by atoms with E-state index in [9.17, 15) is 18.9 Å². The molecule has 140 valence electrons. The summed E-state index contributed by atoms with van der Waals surface area (Å²) >= 11 is 10.9. The van der Waals surface area contributed by atoms with Gasteiger partial charge in [-0.15, -0.1) is 23.2 Å². The van der Waals surface area contributed by atoms with E-state index in [2.05, 4.69) is 24.0 Å².